The zero-order valence-electron chi connectivity index (χ0n) is 16.6. The lowest BCUT2D eigenvalue weighted by atomic mass is 9.91. The molecule has 2 heterocycles. The number of ether oxygens (including phenoxy) is 2. The fraction of sp³-hybridized carbons (Fsp3) is 0.474. The van der Waals surface area contributed by atoms with Gasteiger partial charge in [-0.2, -0.15) is 0 Å². The summed E-state index contributed by atoms with van der Waals surface area (Å²) in [5.41, 5.74) is -0.826. The Labute approximate surface area is 168 Å². The lowest BCUT2D eigenvalue weighted by Gasteiger charge is -2.23. The summed E-state index contributed by atoms with van der Waals surface area (Å²) in [6.07, 6.45) is 0.746. The lowest BCUT2D eigenvalue weighted by Crippen LogP contribution is -2.45. The van der Waals surface area contributed by atoms with Gasteiger partial charge in [0, 0.05) is 20.5 Å². The molecule has 0 radical (unpaired) electrons. The molecule has 0 bridgehead atoms. The molecule has 156 valence electrons. The summed E-state index contributed by atoms with van der Waals surface area (Å²) < 4.78 is 11.3. The van der Waals surface area contributed by atoms with E-state index in [1.807, 2.05) is 0 Å². The predicted molar refractivity (Wildman–Crippen MR) is 101 cm³/mol. The molecule has 2 aliphatic heterocycles. The molecule has 29 heavy (non-hydrogen) atoms. The minimum atomic E-state index is -1.35. The van der Waals surface area contributed by atoms with Gasteiger partial charge in [0.1, 0.15) is 12.1 Å². The quantitative estimate of drug-likeness (QED) is 0.658. The molecule has 0 aromatic heterocycles. The van der Waals surface area contributed by atoms with Gasteiger partial charge in [-0.15, -0.1) is 0 Å². The molecule has 3 rings (SSSR count). The van der Waals surface area contributed by atoms with Crippen molar-refractivity contribution < 1.29 is 28.7 Å². The van der Waals surface area contributed by atoms with E-state index in [0.29, 0.717) is 30.3 Å². The van der Waals surface area contributed by atoms with E-state index in [1.54, 1.807) is 39.2 Å². The van der Waals surface area contributed by atoms with Crippen molar-refractivity contribution in [3.8, 4) is 11.5 Å². The molecule has 0 aliphatic carbocycles. The zero-order valence-corrected chi connectivity index (χ0v) is 16.6. The summed E-state index contributed by atoms with van der Waals surface area (Å²) >= 11 is 0. The smallest absolute Gasteiger partial charge is 0.325 e. The van der Waals surface area contributed by atoms with Crippen LogP contribution in [-0.4, -0.2) is 74.0 Å². The molecule has 0 unspecified atom stereocenters. The van der Waals surface area contributed by atoms with Crippen molar-refractivity contribution in [2.24, 2.45) is 0 Å². The fourth-order valence-electron chi connectivity index (χ4n) is 3.04. The number of carbonyl (C=O) groups excluding carboxylic acids is 4. The number of carbonyl (C=O) groups is 4. The Morgan fingerprint density at radius 2 is 1.90 bits per heavy atom. The number of nitrogens with one attached hydrogen (secondary N) is 2. The van der Waals surface area contributed by atoms with Crippen molar-refractivity contribution in [1.82, 2.24) is 20.4 Å². The minimum Gasteiger partial charge on any atom is -0.490 e. The van der Waals surface area contributed by atoms with Crippen LogP contribution in [0.3, 0.4) is 0 Å². The van der Waals surface area contributed by atoms with Crippen LogP contribution in [0.25, 0.3) is 0 Å². The topological polar surface area (TPSA) is 117 Å². The van der Waals surface area contributed by atoms with Crippen LogP contribution in [-0.2, 0) is 19.9 Å². The molecule has 10 nitrogen and oxygen atoms in total. The first kappa shape index (κ1) is 20.4. The zero-order chi connectivity index (χ0) is 21.2. The highest BCUT2D eigenvalue weighted by atomic mass is 16.5. The Balaban J connectivity index is 1.73. The third kappa shape index (κ3) is 4.10. The number of rotatable bonds is 5. The highest BCUT2D eigenvalue weighted by molar-refractivity contribution is 6.09. The number of imide groups is 1. The highest BCUT2D eigenvalue weighted by Crippen LogP contribution is 2.36. The molecule has 1 atom stereocenters. The van der Waals surface area contributed by atoms with Gasteiger partial charge in [-0.25, -0.2) is 4.79 Å². The van der Waals surface area contributed by atoms with Gasteiger partial charge < -0.3 is 25.0 Å². The van der Waals surface area contributed by atoms with Crippen LogP contribution in [0.15, 0.2) is 18.2 Å². The second-order valence-electron chi connectivity index (χ2n) is 7.22. The van der Waals surface area contributed by atoms with E-state index >= 15 is 0 Å². The Morgan fingerprint density at radius 1 is 1.21 bits per heavy atom. The average Bonchev–Trinajstić information content (AvgIpc) is 2.86. The van der Waals surface area contributed by atoms with Crippen molar-refractivity contribution in [1.29, 1.82) is 0 Å². The van der Waals surface area contributed by atoms with Gasteiger partial charge in [-0.3, -0.25) is 19.3 Å². The van der Waals surface area contributed by atoms with Gasteiger partial charge >= 0.3 is 6.03 Å². The number of fused-ring (bicyclic) bond motifs is 1. The number of likely N-dealkylation sites (N-methyl/N-ethyl adjacent to an activating group) is 1. The van der Waals surface area contributed by atoms with Crippen molar-refractivity contribution in [3.05, 3.63) is 23.8 Å². The summed E-state index contributed by atoms with van der Waals surface area (Å²) in [5.74, 6) is -0.389. The second-order valence-corrected chi connectivity index (χ2v) is 7.22. The van der Waals surface area contributed by atoms with Gasteiger partial charge in [0.15, 0.2) is 11.5 Å². The third-order valence-electron chi connectivity index (χ3n) is 4.84. The molecule has 0 saturated carbocycles. The van der Waals surface area contributed by atoms with Gasteiger partial charge in [0.25, 0.3) is 5.91 Å². The number of amides is 5. The Hall–Kier alpha value is -3.30. The van der Waals surface area contributed by atoms with Crippen molar-refractivity contribution in [2.45, 2.75) is 18.9 Å². The fourth-order valence-corrected chi connectivity index (χ4v) is 3.04. The molecule has 1 saturated heterocycles. The second kappa shape index (κ2) is 7.98. The van der Waals surface area contributed by atoms with Crippen LogP contribution in [0.2, 0.25) is 0 Å². The van der Waals surface area contributed by atoms with E-state index in [4.69, 9.17) is 9.47 Å². The molecule has 1 aromatic carbocycles. The molecule has 10 heteroatoms. The first-order chi connectivity index (χ1) is 13.7. The summed E-state index contributed by atoms with van der Waals surface area (Å²) in [6.45, 7) is 1.91. The standard InChI is InChI=1S/C19H24N4O6/c1-19(12-5-6-13-14(9-12)29-8-4-7-28-13)17(26)23(18(27)21-19)11-15(24)20-10-16(25)22(2)3/h5-6,9H,4,7-8,10-11H2,1-3H3,(H,20,24)(H,21,27)/t19-/m0/s1. The first-order valence-corrected chi connectivity index (χ1v) is 9.23. The van der Waals surface area contributed by atoms with Crippen LogP contribution < -0.4 is 20.1 Å². The lowest BCUT2D eigenvalue weighted by molar-refractivity contribution is -0.135. The molecule has 2 aliphatic rings. The largest absolute Gasteiger partial charge is 0.490 e. The van der Waals surface area contributed by atoms with Crippen LogP contribution >= 0.6 is 0 Å². The molecular formula is C19H24N4O6. The van der Waals surface area contributed by atoms with Crippen LogP contribution in [0, 0.1) is 0 Å². The number of urea groups is 1. The van der Waals surface area contributed by atoms with E-state index < -0.39 is 29.9 Å². The predicted octanol–water partition coefficient (Wildman–Crippen LogP) is -0.181. The SMILES string of the molecule is CN(C)C(=O)CNC(=O)CN1C(=O)N[C@@](C)(c2ccc3c(c2)OCCCO3)C1=O. The van der Waals surface area contributed by atoms with E-state index in [9.17, 15) is 19.2 Å². The Bertz CT molecular complexity index is 855. The number of benzene rings is 1. The molecular weight excluding hydrogens is 380 g/mol. The summed E-state index contributed by atoms with van der Waals surface area (Å²) in [4.78, 5) is 51.2. The number of nitrogens with zero attached hydrogens (tertiary/aromatic N) is 2. The molecule has 2 N–H and O–H groups in total. The number of hydrogen-bond acceptors (Lipinski definition) is 6. The monoisotopic (exact) mass is 404 g/mol. The molecule has 1 aromatic rings. The van der Waals surface area contributed by atoms with Gasteiger partial charge in [0.2, 0.25) is 11.8 Å². The minimum absolute atomic E-state index is 0.213. The average molecular weight is 404 g/mol. The first-order valence-electron chi connectivity index (χ1n) is 9.23. The van der Waals surface area contributed by atoms with Crippen LogP contribution in [0.4, 0.5) is 4.79 Å². The highest BCUT2D eigenvalue weighted by Gasteiger charge is 2.49. The maximum atomic E-state index is 13.0. The van der Waals surface area contributed by atoms with Crippen molar-refractivity contribution >= 4 is 23.8 Å². The summed E-state index contributed by atoms with van der Waals surface area (Å²) in [7, 11) is 3.12. The maximum Gasteiger partial charge on any atom is 0.325 e. The van der Waals surface area contributed by atoms with Gasteiger partial charge in [-0.1, -0.05) is 6.07 Å². The van der Waals surface area contributed by atoms with Gasteiger partial charge in [0.05, 0.1) is 19.8 Å². The maximum absolute atomic E-state index is 13.0. The summed E-state index contributed by atoms with van der Waals surface area (Å²) in [6, 6.07) is 4.37. The Kier molecular flexibility index (Phi) is 5.62. The molecule has 0 spiro atoms. The Morgan fingerprint density at radius 3 is 2.59 bits per heavy atom. The third-order valence-corrected chi connectivity index (χ3v) is 4.84. The van der Waals surface area contributed by atoms with Crippen molar-refractivity contribution in [2.75, 3.05) is 40.4 Å². The van der Waals surface area contributed by atoms with Crippen LogP contribution in [0.1, 0.15) is 18.9 Å². The van der Waals surface area contributed by atoms with Crippen LogP contribution in [0.5, 0.6) is 11.5 Å². The summed E-state index contributed by atoms with van der Waals surface area (Å²) in [5, 5.41) is 5.05. The van der Waals surface area contributed by atoms with E-state index in [0.717, 1.165) is 11.3 Å². The normalized spacial score (nSPS) is 20.7. The van der Waals surface area contributed by atoms with E-state index in [2.05, 4.69) is 10.6 Å². The van der Waals surface area contributed by atoms with E-state index in [1.165, 1.54) is 4.90 Å². The number of hydrogen-bond donors (Lipinski definition) is 2. The molecule has 5 amide bonds. The van der Waals surface area contributed by atoms with Gasteiger partial charge in [-0.05, 0) is 24.6 Å². The van der Waals surface area contributed by atoms with Crippen molar-refractivity contribution in [3.63, 3.8) is 0 Å². The van der Waals surface area contributed by atoms with E-state index in [-0.39, 0.29) is 12.5 Å². The molecule has 1 fully saturated rings.